The Morgan fingerprint density at radius 1 is 1.27 bits per heavy atom. The number of nitrogens with zero attached hydrogens (tertiary/aromatic N) is 2. The van der Waals surface area contributed by atoms with Crippen molar-refractivity contribution in [3.05, 3.63) is 0 Å². The molecule has 0 atom stereocenters. The lowest BCUT2D eigenvalue weighted by atomic mass is 9.89. The van der Waals surface area contributed by atoms with Gasteiger partial charge in [-0.15, -0.1) is 0 Å². The third kappa shape index (κ3) is 4.15. The van der Waals surface area contributed by atoms with Gasteiger partial charge in [0.15, 0.2) is 15.8 Å². The molecule has 0 spiro atoms. The Labute approximate surface area is 135 Å². The molecule has 1 saturated carbocycles. The first-order valence-electron chi connectivity index (χ1n) is 8.61. The minimum atomic E-state index is -3.00. The van der Waals surface area contributed by atoms with E-state index < -0.39 is 14.6 Å². The highest BCUT2D eigenvalue weighted by Gasteiger charge is 2.40. The monoisotopic (exact) mass is 329 g/mol. The molecule has 1 aliphatic carbocycles. The molecule has 6 heteroatoms. The van der Waals surface area contributed by atoms with Crippen molar-refractivity contribution >= 4 is 15.8 Å². The molecule has 2 aliphatic rings. The Morgan fingerprint density at radius 2 is 1.95 bits per heavy atom. The molecule has 0 aromatic carbocycles. The van der Waals surface area contributed by atoms with Gasteiger partial charge in [-0.05, 0) is 39.5 Å². The van der Waals surface area contributed by atoms with E-state index in [-0.39, 0.29) is 5.75 Å². The highest BCUT2D eigenvalue weighted by atomic mass is 32.2. The largest absolute Gasteiger partial charge is 0.357 e. The third-order valence-corrected chi connectivity index (χ3v) is 7.43. The topological polar surface area (TPSA) is 61.8 Å². The smallest absolute Gasteiger partial charge is 0.194 e. The average Bonchev–Trinajstić information content (AvgIpc) is 2.47. The molecule has 1 aliphatic heterocycles. The second kappa shape index (κ2) is 7.20. The predicted octanol–water partition coefficient (Wildman–Crippen LogP) is 2.04. The van der Waals surface area contributed by atoms with Crippen LogP contribution < -0.4 is 5.32 Å². The van der Waals surface area contributed by atoms with Gasteiger partial charge in [-0.25, -0.2) is 8.42 Å². The maximum atomic E-state index is 12.1. The summed E-state index contributed by atoms with van der Waals surface area (Å²) in [4.78, 5) is 6.93. The van der Waals surface area contributed by atoms with Crippen molar-refractivity contribution in [1.29, 1.82) is 0 Å². The standard InChI is InChI=1S/C16H31N3O2S/c1-4-17-15(18-12-14-8-6-5-7-9-14)19-10-11-22(20,21)16(2,3)13-19/h14H,4-13H2,1-3H3,(H,17,18). The average molecular weight is 330 g/mol. The third-order valence-electron chi connectivity index (χ3n) is 4.90. The van der Waals surface area contributed by atoms with Crippen LogP contribution in [-0.4, -0.2) is 56.0 Å². The molecule has 1 heterocycles. The Kier molecular flexibility index (Phi) is 5.75. The molecule has 5 nitrogen and oxygen atoms in total. The zero-order valence-electron chi connectivity index (χ0n) is 14.3. The van der Waals surface area contributed by atoms with Crippen LogP contribution in [0, 0.1) is 5.92 Å². The van der Waals surface area contributed by atoms with Gasteiger partial charge in [-0.3, -0.25) is 4.99 Å². The second-order valence-corrected chi connectivity index (χ2v) is 9.94. The van der Waals surface area contributed by atoms with Crippen LogP contribution in [0.3, 0.4) is 0 Å². The van der Waals surface area contributed by atoms with Crippen LogP contribution in [0.25, 0.3) is 0 Å². The van der Waals surface area contributed by atoms with E-state index in [0.29, 0.717) is 19.0 Å². The highest BCUT2D eigenvalue weighted by molar-refractivity contribution is 7.92. The molecule has 0 unspecified atom stereocenters. The summed E-state index contributed by atoms with van der Waals surface area (Å²) in [7, 11) is -3.00. The van der Waals surface area contributed by atoms with E-state index in [2.05, 4.69) is 17.1 Å². The van der Waals surface area contributed by atoms with E-state index in [1.807, 2.05) is 13.8 Å². The van der Waals surface area contributed by atoms with Gasteiger partial charge in [0, 0.05) is 26.2 Å². The number of hydrogen-bond donors (Lipinski definition) is 1. The summed E-state index contributed by atoms with van der Waals surface area (Å²) in [5, 5.41) is 3.34. The van der Waals surface area contributed by atoms with Crippen LogP contribution in [0.4, 0.5) is 0 Å². The summed E-state index contributed by atoms with van der Waals surface area (Å²) in [6.07, 6.45) is 6.57. The first-order valence-corrected chi connectivity index (χ1v) is 10.3. The lowest BCUT2D eigenvalue weighted by Crippen LogP contribution is -2.57. The minimum Gasteiger partial charge on any atom is -0.357 e. The maximum Gasteiger partial charge on any atom is 0.194 e. The highest BCUT2D eigenvalue weighted by Crippen LogP contribution is 2.25. The SMILES string of the molecule is CCNC(=NCC1CCCCC1)N1CCS(=O)(=O)C(C)(C)C1. The first-order chi connectivity index (χ1) is 10.4. The molecule has 0 amide bonds. The van der Waals surface area contributed by atoms with Crippen molar-refractivity contribution < 1.29 is 8.42 Å². The molecule has 0 bridgehead atoms. The lowest BCUT2D eigenvalue weighted by Gasteiger charge is -2.39. The van der Waals surface area contributed by atoms with Crippen molar-refractivity contribution in [2.45, 2.75) is 57.6 Å². The number of rotatable bonds is 3. The molecule has 22 heavy (non-hydrogen) atoms. The van der Waals surface area contributed by atoms with E-state index in [1.165, 1.54) is 32.1 Å². The van der Waals surface area contributed by atoms with Gasteiger partial charge >= 0.3 is 0 Å². The summed E-state index contributed by atoms with van der Waals surface area (Å²) in [5.41, 5.74) is 0. The Balaban J connectivity index is 2.04. The normalized spacial score (nSPS) is 26.0. The Morgan fingerprint density at radius 3 is 2.55 bits per heavy atom. The van der Waals surface area contributed by atoms with Crippen molar-refractivity contribution in [2.24, 2.45) is 10.9 Å². The van der Waals surface area contributed by atoms with E-state index >= 15 is 0 Å². The van der Waals surface area contributed by atoms with E-state index in [9.17, 15) is 8.42 Å². The zero-order valence-corrected chi connectivity index (χ0v) is 15.1. The molecule has 1 saturated heterocycles. The Hall–Kier alpha value is -0.780. The molecular weight excluding hydrogens is 298 g/mol. The van der Waals surface area contributed by atoms with Gasteiger partial charge in [0.2, 0.25) is 0 Å². The number of hydrogen-bond acceptors (Lipinski definition) is 3. The van der Waals surface area contributed by atoms with E-state index in [1.54, 1.807) is 0 Å². The predicted molar refractivity (Wildman–Crippen MR) is 92.0 cm³/mol. The molecule has 128 valence electrons. The van der Waals surface area contributed by atoms with Crippen molar-refractivity contribution in [3.63, 3.8) is 0 Å². The van der Waals surface area contributed by atoms with Crippen LogP contribution in [-0.2, 0) is 9.84 Å². The summed E-state index contributed by atoms with van der Waals surface area (Å²) >= 11 is 0. The van der Waals surface area contributed by atoms with Gasteiger partial charge in [-0.2, -0.15) is 0 Å². The zero-order chi connectivity index (χ0) is 16.2. The van der Waals surface area contributed by atoms with Crippen LogP contribution in [0.2, 0.25) is 0 Å². The fraction of sp³-hybridized carbons (Fsp3) is 0.938. The van der Waals surface area contributed by atoms with Crippen LogP contribution in [0.5, 0.6) is 0 Å². The maximum absolute atomic E-state index is 12.1. The molecular formula is C16H31N3O2S. The van der Waals surface area contributed by atoms with E-state index in [4.69, 9.17) is 4.99 Å². The van der Waals surface area contributed by atoms with Gasteiger partial charge < -0.3 is 10.2 Å². The van der Waals surface area contributed by atoms with Crippen LogP contribution in [0.15, 0.2) is 4.99 Å². The van der Waals surface area contributed by atoms with Crippen molar-refractivity contribution in [2.75, 3.05) is 31.9 Å². The van der Waals surface area contributed by atoms with Gasteiger partial charge in [0.05, 0.1) is 10.5 Å². The van der Waals surface area contributed by atoms with Crippen LogP contribution in [0.1, 0.15) is 52.9 Å². The molecule has 2 fully saturated rings. The van der Waals surface area contributed by atoms with Crippen LogP contribution >= 0.6 is 0 Å². The number of sulfone groups is 1. The molecule has 0 aromatic rings. The quantitative estimate of drug-likeness (QED) is 0.636. The van der Waals surface area contributed by atoms with Crippen molar-refractivity contribution in [1.82, 2.24) is 10.2 Å². The fourth-order valence-electron chi connectivity index (χ4n) is 3.34. The van der Waals surface area contributed by atoms with Gasteiger partial charge in [0.1, 0.15) is 0 Å². The van der Waals surface area contributed by atoms with E-state index in [0.717, 1.165) is 19.0 Å². The minimum absolute atomic E-state index is 0.216. The molecule has 0 aromatic heterocycles. The van der Waals surface area contributed by atoms with Crippen molar-refractivity contribution in [3.8, 4) is 0 Å². The second-order valence-electron chi connectivity index (χ2n) is 7.20. The summed E-state index contributed by atoms with van der Waals surface area (Å²) in [5.74, 6) is 1.80. The number of nitrogens with one attached hydrogen (secondary N) is 1. The molecule has 1 N–H and O–H groups in total. The summed E-state index contributed by atoms with van der Waals surface area (Å²) in [6.45, 7) is 8.44. The van der Waals surface area contributed by atoms with Gasteiger partial charge in [-0.1, -0.05) is 19.3 Å². The summed E-state index contributed by atoms with van der Waals surface area (Å²) < 4.78 is 23.6. The Bertz CT molecular complexity index is 494. The molecule has 2 rings (SSSR count). The molecule has 0 radical (unpaired) electrons. The summed E-state index contributed by atoms with van der Waals surface area (Å²) in [6, 6.07) is 0. The van der Waals surface area contributed by atoms with Gasteiger partial charge in [0.25, 0.3) is 0 Å². The first kappa shape index (κ1) is 17.6. The number of aliphatic imine (C=N–C) groups is 1. The lowest BCUT2D eigenvalue weighted by molar-refractivity contribution is 0.343. The fourth-order valence-corrected chi connectivity index (χ4v) is 4.70. The number of guanidine groups is 1.